The molecule has 0 atom stereocenters. The summed E-state index contributed by atoms with van der Waals surface area (Å²) in [5, 5.41) is 5.01. The van der Waals surface area contributed by atoms with Gasteiger partial charge in [-0.25, -0.2) is 22.9 Å². The van der Waals surface area contributed by atoms with E-state index in [0.717, 1.165) is 12.1 Å². The van der Waals surface area contributed by atoms with Crippen molar-refractivity contribution < 1.29 is 26.0 Å². The number of benzene rings is 2. The first-order valence-corrected chi connectivity index (χ1v) is 8.67. The minimum atomic E-state index is -4.71. The van der Waals surface area contributed by atoms with E-state index in [1.165, 1.54) is 36.4 Å². The average molecular weight is 385 g/mol. The topological polar surface area (TPSA) is 88.8 Å². The zero-order chi connectivity index (χ0) is 19.1. The molecule has 10 heteroatoms. The zero-order valence-electron chi connectivity index (χ0n) is 12.9. The van der Waals surface area contributed by atoms with E-state index in [9.17, 15) is 26.0 Å². The molecule has 0 saturated carbocycles. The second kappa shape index (κ2) is 6.22. The van der Waals surface area contributed by atoms with Crippen LogP contribution in [-0.4, -0.2) is 18.4 Å². The van der Waals surface area contributed by atoms with Crippen LogP contribution in [0.2, 0.25) is 0 Å². The van der Waals surface area contributed by atoms with Gasteiger partial charge in [0.15, 0.2) is 0 Å². The van der Waals surface area contributed by atoms with Crippen LogP contribution in [0.5, 0.6) is 0 Å². The van der Waals surface area contributed by atoms with E-state index in [4.69, 9.17) is 5.14 Å². The molecule has 1 heterocycles. The van der Waals surface area contributed by atoms with Crippen LogP contribution in [0.25, 0.3) is 22.5 Å². The van der Waals surface area contributed by atoms with Crippen LogP contribution in [0.3, 0.4) is 0 Å². The van der Waals surface area contributed by atoms with E-state index in [2.05, 4.69) is 9.97 Å². The summed E-state index contributed by atoms with van der Waals surface area (Å²) in [7, 11) is -3.94. The van der Waals surface area contributed by atoms with E-state index in [0.29, 0.717) is 5.56 Å². The van der Waals surface area contributed by atoms with Gasteiger partial charge in [0, 0.05) is 11.1 Å². The smallest absolute Gasteiger partial charge is 0.334 e. The maximum atomic E-state index is 13.1. The van der Waals surface area contributed by atoms with Crippen molar-refractivity contribution in [2.75, 3.05) is 0 Å². The van der Waals surface area contributed by atoms with Crippen LogP contribution < -0.4 is 5.14 Å². The summed E-state index contributed by atoms with van der Waals surface area (Å²) in [5.41, 5.74) is 0.508. The van der Waals surface area contributed by atoms with Gasteiger partial charge in [-0.05, 0) is 36.4 Å². The van der Waals surface area contributed by atoms with Gasteiger partial charge in [-0.1, -0.05) is 12.1 Å². The van der Waals surface area contributed by atoms with Gasteiger partial charge < -0.3 is 4.98 Å². The summed E-state index contributed by atoms with van der Waals surface area (Å²) in [6, 6.07) is 9.76. The fourth-order valence-corrected chi connectivity index (χ4v) is 2.86. The van der Waals surface area contributed by atoms with E-state index in [-0.39, 0.29) is 21.8 Å². The lowest BCUT2D eigenvalue weighted by molar-refractivity contribution is -0.144. The molecule has 0 radical (unpaired) electrons. The molecule has 5 nitrogen and oxygen atoms in total. The number of nitrogens with one attached hydrogen (secondary N) is 1. The predicted molar refractivity (Wildman–Crippen MR) is 85.8 cm³/mol. The maximum absolute atomic E-state index is 13.1. The number of hydrogen-bond acceptors (Lipinski definition) is 3. The zero-order valence-corrected chi connectivity index (χ0v) is 13.7. The molecule has 2 aromatic carbocycles. The van der Waals surface area contributed by atoms with E-state index in [1.54, 1.807) is 0 Å². The highest BCUT2D eigenvalue weighted by atomic mass is 32.2. The van der Waals surface area contributed by atoms with Gasteiger partial charge >= 0.3 is 6.18 Å². The SMILES string of the molecule is NS(=O)(=O)c1ccc(-c2nc(C(F)(F)F)[nH]c2-c2ccc(F)cc2)cc1. The number of nitrogens with two attached hydrogens (primary N) is 1. The number of nitrogens with zero attached hydrogens (tertiary/aromatic N) is 1. The molecule has 136 valence electrons. The Morgan fingerprint density at radius 1 is 0.923 bits per heavy atom. The molecule has 0 aliphatic heterocycles. The fourth-order valence-electron chi connectivity index (χ4n) is 2.34. The number of alkyl halides is 3. The molecule has 0 fully saturated rings. The van der Waals surface area contributed by atoms with Crippen LogP contribution in [0, 0.1) is 5.82 Å². The van der Waals surface area contributed by atoms with Gasteiger partial charge in [0.05, 0.1) is 16.3 Å². The van der Waals surface area contributed by atoms with Gasteiger partial charge in [0.2, 0.25) is 15.8 Å². The molecule has 3 N–H and O–H groups in total. The number of H-pyrrole nitrogens is 1. The molecule has 1 aromatic heterocycles. The maximum Gasteiger partial charge on any atom is 0.449 e. The first-order chi connectivity index (χ1) is 12.1. The molecule has 0 spiro atoms. The molecule has 0 aliphatic rings. The monoisotopic (exact) mass is 385 g/mol. The van der Waals surface area contributed by atoms with Gasteiger partial charge in [-0.3, -0.25) is 0 Å². The van der Waals surface area contributed by atoms with Crippen molar-refractivity contribution in [2.24, 2.45) is 5.14 Å². The summed E-state index contributed by atoms with van der Waals surface area (Å²) >= 11 is 0. The Morgan fingerprint density at radius 2 is 1.46 bits per heavy atom. The number of halogens is 4. The quantitative estimate of drug-likeness (QED) is 0.676. The number of hydrogen-bond donors (Lipinski definition) is 2. The highest BCUT2D eigenvalue weighted by Gasteiger charge is 2.36. The Bertz CT molecular complexity index is 1040. The third kappa shape index (κ3) is 3.60. The minimum Gasteiger partial charge on any atom is -0.334 e. The third-order valence-electron chi connectivity index (χ3n) is 3.56. The number of imidazole rings is 1. The van der Waals surface area contributed by atoms with Crippen molar-refractivity contribution in [1.29, 1.82) is 0 Å². The largest absolute Gasteiger partial charge is 0.449 e. The molecule has 3 aromatic rings. The summed E-state index contributed by atoms with van der Waals surface area (Å²) in [5.74, 6) is -1.76. The molecule has 3 rings (SSSR count). The first-order valence-electron chi connectivity index (χ1n) is 7.12. The summed E-state index contributed by atoms with van der Waals surface area (Å²) in [6.45, 7) is 0. The number of rotatable bonds is 3. The molecule has 26 heavy (non-hydrogen) atoms. The van der Waals surface area contributed by atoms with Crippen LogP contribution in [0.4, 0.5) is 17.6 Å². The lowest BCUT2D eigenvalue weighted by Crippen LogP contribution is -2.11. The molecule has 0 unspecified atom stereocenters. The van der Waals surface area contributed by atoms with Gasteiger partial charge in [0.25, 0.3) is 0 Å². The van der Waals surface area contributed by atoms with Gasteiger partial charge in [-0.15, -0.1) is 0 Å². The molecule has 0 aliphatic carbocycles. The Hall–Kier alpha value is -2.72. The van der Waals surface area contributed by atoms with E-state index in [1.807, 2.05) is 0 Å². The molecule has 0 bridgehead atoms. The van der Waals surface area contributed by atoms with Crippen LogP contribution in [0.1, 0.15) is 5.82 Å². The Kier molecular flexibility index (Phi) is 4.32. The Balaban J connectivity index is 2.16. The number of aromatic amines is 1. The van der Waals surface area contributed by atoms with Crippen molar-refractivity contribution in [1.82, 2.24) is 9.97 Å². The minimum absolute atomic E-state index is 0.0284. The predicted octanol–water partition coefficient (Wildman–Crippen LogP) is 3.55. The Labute approximate surface area is 145 Å². The lowest BCUT2D eigenvalue weighted by Gasteiger charge is -2.04. The van der Waals surface area contributed by atoms with Crippen molar-refractivity contribution in [2.45, 2.75) is 11.1 Å². The average Bonchev–Trinajstić information content (AvgIpc) is 3.00. The van der Waals surface area contributed by atoms with Crippen molar-refractivity contribution in [3.8, 4) is 22.5 Å². The fraction of sp³-hybridized carbons (Fsp3) is 0.0625. The highest BCUT2D eigenvalue weighted by molar-refractivity contribution is 7.89. The lowest BCUT2D eigenvalue weighted by atomic mass is 10.1. The van der Waals surface area contributed by atoms with Crippen molar-refractivity contribution >= 4 is 10.0 Å². The molecular weight excluding hydrogens is 374 g/mol. The summed E-state index contributed by atoms with van der Waals surface area (Å²) in [4.78, 5) is 5.60. The number of sulfonamides is 1. The van der Waals surface area contributed by atoms with Crippen LogP contribution in [0.15, 0.2) is 53.4 Å². The molecule has 0 amide bonds. The number of aromatic nitrogens is 2. The Morgan fingerprint density at radius 3 is 1.96 bits per heavy atom. The second-order valence-electron chi connectivity index (χ2n) is 5.38. The van der Waals surface area contributed by atoms with E-state index < -0.39 is 27.8 Å². The van der Waals surface area contributed by atoms with E-state index >= 15 is 0 Å². The standard InChI is InChI=1S/C16H11F4N3O2S/c17-11-5-1-9(2-6-11)13-14(23-15(22-13)16(18,19)20)10-3-7-12(8-4-10)26(21,24)25/h1-8H,(H,22,23)(H2,21,24,25). The normalized spacial score (nSPS) is 12.3. The van der Waals surface area contributed by atoms with Crippen molar-refractivity contribution in [3.63, 3.8) is 0 Å². The first kappa shape index (κ1) is 18.1. The second-order valence-corrected chi connectivity index (χ2v) is 6.94. The third-order valence-corrected chi connectivity index (χ3v) is 4.49. The van der Waals surface area contributed by atoms with Crippen LogP contribution in [-0.2, 0) is 16.2 Å². The molecule has 0 saturated heterocycles. The highest BCUT2D eigenvalue weighted by Crippen LogP contribution is 2.35. The van der Waals surface area contributed by atoms with Crippen LogP contribution >= 0.6 is 0 Å². The summed E-state index contributed by atoms with van der Waals surface area (Å²) in [6.07, 6.45) is -4.71. The van der Waals surface area contributed by atoms with Gasteiger partial charge in [-0.2, -0.15) is 13.2 Å². The van der Waals surface area contributed by atoms with Crippen molar-refractivity contribution in [3.05, 3.63) is 60.2 Å². The van der Waals surface area contributed by atoms with Gasteiger partial charge in [0.1, 0.15) is 5.82 Å². The number of primary sulfonamides is 1. The molecular formula is C16H11F4N3O2S. The summed E-state index contributed by atoms with van der Waals surface area (Å²) < 4.78 is 74.9.